The first-order chi connectivity index (χ1) is 8.27. The number of carbonyl (C=O) groups excluding carboxylic acids is 1. The molecular formula is C12H12ClN3O. The first-order valence-corrected chi connectivity index (χ1v) is 5.65. The SMILES string of the molecule is O=C(NCCn1cccn1)c1ccccc1Cl. The van der Waals surface area contributed by atoms with Crippen LogP contribution in [0, 0.1) is 0 Å². The summed E-state index contributed by atoms with van der Waals surface area (Å²) in [5.74, 6) is -0.164. The van der Waals surface area contributed by atoms with Crippen LogP contribution in [0.5, 0.6) is 0 Å². The summed E-state index contributed by atoms with van der Waals surface area (Å²) >= 11 is 5.92. The number of hydrogen-bond donors (Lipinski definition) is 1. The highest BCUT2D eigenvalue weighted by Gasteiger charge is 2.08. The molecular weight excluding hydrogens is 238 g/mol. The van der Waals surface area contributed by atoms with E-state index < -0.39 is 0 Å². The van der Waals surface area contributed by atoms with E-state index in [9.17, 15) is 4.79 Å². The van der Waals surface area contributed by atoms with Gasteiger partial charge in [-0.05, 0) is 18.2 Å². The monoisotopic (exact) mass is 249 g/mol. The highest BCUT2D eigenvalue weighted by molar-refractivity contribution is 6.33. The predicted molar refractivity (Wildman–Crippen MR) is 66.0 cm³/mol. The third kappa shape index (κ3) is 3.07. The molecule has 0 spiro atoms. The molecule has 1 aromatic carbocycles. The molecule has 88 valence electrons. The first-order valence-electron chi connectivity index (χ1n) is 5.27. The third-order valence-electron chi connectivity index (χ3n) is 2.30. The quantitative estimate of drug-likeness (QED) is 0.901. The highest BCUT2D eigenvalue weighted by atomic mass is 35.5. The van der Waals surface area contributed by atoms with Crippen molar-refractivity contribution in [3.8, 4) is 0 Å². The lowest BCUT2D eigenvalue weighted by atomic mass is 10.2. The Morgan fingerprint density at radius 1 is 1.35 bits per heavy atom. The van der Waals surface area contributed by atoms with E-state index >= 15 is 0 Å². The minimum Gasteiger partial charge on any atom is -0.350 e. The van der Waals surface area contributed by atoms with E-state index in [0.29, 0.717) is 23.7 Å². The molecule has 1 N–H and O–H groups in total. The molecule has 0 unspecified atom stereocenters. The smallest absolute Gasteiger partial charge is 0.252 e. The molecule has 2 aromatic rings. The molecule has 0 aliphatic carbocycles. The summed E-state index contributed by atoms with van der Waals surface area (Å²) in [5.41, 5.74) is 0.495. The molecule has 4 nitrogen and oxygen atoms in total. The average molecular weight is 250 g/mol. The minimum atomic E-state index is -0.164. The zero-order chi connectivity index (χ0) is 12.1. The fourth-order valence-electron chi connectivity index (χ4n) is 1.46. The van der Waals surface area contributed by atoms with Crippen LogP contribution in [0.15, 0.2) is 42.7 Å². The van der Waals surface area contributed by atoms with Crippen molar-refractivity contribution in [1.29, 1.82) is 0 Å². The van der Waals surface area contributed by atoms with E-state index in [1.54, 1.807) is 35.1 Å². The fraction of sp³-hybridized carbons (Fsp3) is 0.167. The molecule has 1 aromatic heterocycles. The highest BCUT2D eigenvalue weighted by Crippen LogP contribution is 2.14. The van der Waals surface area contributed by atoms with E-state index in [-0.39, 0.29) is 5.91 Å². The molecule has 0 bridgehead atoms. The van der Waals surface area contributed by atoms with Gasteiger partial charge in [-0.25, -0.2) is 0 Å². The van der Waals surface area contributed by atoms with E-state index in [1.807, 2.05) is 12.3 Å². The summed E-state index contributed by atoms with van der Waals surface area (Å²) in [6, 6.07) is 8.82. The molecule has 0 atom stereocenters. The number of halogens is 1. The van der Waals surface area contributed by atoms with Crippen LogP contribution in [0.1, 0.15) is 10.4 Å². The summed E-state index contributed by atoms with van der Waals surface area (Å²) in [7, 11) is 0. The lowest BCUT2D eigenvalue weighted by Gasteiger charge is -2.06. The second kappa shape index (κ2) is 5.50. The molecule has 2 rings (SSSR count). The maximum Gasteiger partial charge on any atom is 0.252 e. The lowest BCUT2D eigenvalue weighted by Crippen LogP contribution is -2.27. The zero-order valence-corrected chi connectivity index (χ0v) is 9.89. The Bertz CT molecular complexity index is 496. The van der Waals surface area contributed by atoms with Gasteiger partial charge in [-0.1, -0.05) is 23.7 Å². The molecule has 1 heterocycles. The van der Waals surface area contributed by atoms with Crippen LogP contribution < -0.4 is 5.32 Å². The fourth-order valence-corrected chi connectivity index (χ4v) is 1.68. The van der Waals surface area contributed by atoms with Crippen LogP contribution in [0.2, 0.25) is 5.02 Å². The first kappa shape index (κ1) is 11.7. The van der Waals surface area contributed by atoms with Gasteiger partial charge in [0, 0.05) is 18.9 Å². The second-order valence-corrected chi connectivity index (χ2v) is 3.91. The minimum absolute atomic E-state index is 0.164. The molecule has 0 aliphatic rings. The predicted octanol–water partition coefficient (Wildman–Crippen LogP) is 1.97. The van der Waals surface area contributed by atoms with Crippen LogP contribution in [0.4, 0.5) is 0 Å². The Morgan fingerprint density at radius 3 is 2.88 bits per heavy atom. The normalized spacial score (nSPS) is 10.2. The van der Waals surface area contributed by atoms with Crippen LogP contribution in [0.25, 0.3) is 0 Å². The van der Waals surface area contributed by atoms with Crippen molar-refractivity contribution in [3.05, 3.63) is 53.3 Å². The van der Waals surface area contributed by atoms with Gasteiger partial charge in [0.2, 0.25) is 0 Å². The second-order valence-electron chi connectivity index (χ2n) is 3.50. The van der Waals surface area contributed by atoms with Crippen LogP contribution in [0.3, 0.4) is 0 Å². The Morgan fingerprint density at radius 2 is 2.18 bits per heavy atom. The Balaban J connectivity index is 1.88. The molecule has 0 aliphatic heterocycles. The maximum absolute atomic E-state index is 11.8. The van der Waals surface area contributed by atoms with Gasteiger partial charge in [-0.3, -0.25) is 9.48 Å². The van der Waals surface area contributed by atoms with E-state index in [4.69, 9.17) is 11.6 Å². The van der Waals surface area contributed by atoms with Gasteiger partial charge >= 0.3 is 0 Å². The molecule has 0 fully saturated rings. The molecule has 1 amide bonds. The summed E-state index contributed by atoms with van der Waals surface area (Å²) in [6.45, 7) is 1.16. The van der Waals surface area contributed by atoms with Crippen LogP contribution in [-0.4, -0.2) is 22.2 Å². The van der Waals surface area contributed by atoms with E-state index in [0.717, 1.165) is 0 Å². The number of hydrogen-bond acceptors (Lipinski definition) is 2. The van der Waals surface area contributed by atoms with Crippen molar-refractivity contribution >= 4 is 17.5 Å². The van der Waals surface area contributed by atoms with Crippen molar-refractivity contribution in [3.63, 3.8) is 0 Å². The lowest BCUT2D eigenvalue weighted by molar-refractivity contribution is 0.0952. The zero-order valence-electron chi connectivity index (χ0n) is 9.14. The topological polar surface area (TPSA) is 46.9 Å². The molecule has 0 saturated carbocycles. The van der Waals surface area contributed by atoms with Gasteiger partial charge in [-0.2, -0.15) is 5.10 Å². The Kier molecular flexibility index (Phi) is 3.77. The Labute approximate surface area is 104 Å². The largest absolute Gasteiger partial charge is 0.350 e. The number of rotatable bonds is 4. The van der Waals surface area contributed by atoms with Gasteiger partial charge < -0.3 is 5.32 Å². The standard InChI is InChI=1S/C12H12ClN3O/c13-11-5-2-1-4-10(11)12(17)14-7-9-16-8-3-6-15-16/h1-6,8H,7,9H2,(H,14,17). The van der Waals surface area contributed by atoms with Crippen molar-refractivity contribution in [2.45, 2.75) is 6.54 Å². The number of carbonyl (C=O) groups is 1. The van der Waals surface area contributed by atoms with Crippen molar-refractivity contribution in [2.24, 2.45) is 0 Å². The molecule has 5 heteroatoms. The number of nitrogens with one attached hydrogen (secondary N) is 1. The molecule has 17 heavy (non-hydrogen) atoms. The van der Waals surface area contributed by atoms with Gasteiger partial charge in [0.15, 0.2) is 0 Å². The van der Waals surface area contributed by atoms with Crippen molar-refractivity contribution in [2.75, 3.05) is 6.54 Å². The van der Waals surface area contributed by atoms with Crippen molar-refractivity contribution in [1.82, 2.24) is 15.1 Å². The number of aromatic nitrogens is 2. The summed E-state index contributed by atoms with van der Waals surface area (Å²) < 4.78 is 1.76. The van der Waals surface area contributed by atoms with Crippen molar-refractivity contribution < 1.29 is 4.79 Å². The molecule has 0 radical (unpaired) electrons. The van der Waals surface area contributed by atoms with E-state index in [2.05, 4.69) is 10.4 Å². The van der Waals surface area contributed by atoms with Gasteiger partial charge in [-0.15, -0.1) is 0 Å². The Hall–Kier alpha value is -1.81. The molecule has 0 saturated heterocycles. The van der Waals surface area contributed by atoms with Gasteiger partial charge in [0.1, 0.15) is 0 Å². The average Bonchev–Trinajstić information content (AvgIpc) is 2.82. The summed E-state index contributed by atoms with van der Waals surface area (Å²) in [5, 5.41) is 7.30. The third-order valence-corrected chi connectivity index (χ3v) is 2.63. The van der Waals surface area contributed by atoms with Gasteiger partial charge in [0.05, 0.1) is 17.1 Å². The number of benzene rings is 1. The van der Waals surface area contributed by atoms with Crippen LogP contribution >= 0.6 is 11.6 Å². The maximum atomic E-state index is 11.8. The van der Waals surface area contributed by atoms with Gasteiger partial charge in [0.25, 0.3) is 5.91 Å². The number of amides is 1. The van der Waals surface area contributed by atoms with Crippen LogP contribution in [-0.2, 0) is 6.54 Å². The summed E-state index contributed by atoms with van der Waals surface area (Å²) in [4.78, 5) is 11.8. The van der Waals surface area contributed by atoms with E-state index in [1.165, 1.54) is 0 Å². The number of nitrogens with zero attached hydrogens (tertiary/aromatic N) is 2. The summed E-state index contributed by atoms with van der Waals surface area (Å²) in [6.07, 6.45) is 3.55.